The predicted molar refractivity (Wildman–Crippen MR) is 172 cm³/mol. The molecule has 0 bridgehead atoms. The van der Waals surface area contributed by atoms with Gasteiger partial charge in [-0.05, 0) is 101 Å². The zero-order valence-electron chi connectivity index (χ0n) is 24.7. The molecule has 46 heavy (non-hydrogen) atoms. The maximum Gasteiger partial charge on any atom is 0.261 e. The van der Waals surface area contributed by atoms with Crippen molar-refractivity contribution in [2.75, 3.05) is 13.1 Å². The Balaban J connectivity index is 1.45. The van der Waals surface area contributed by atoms with Crippen molar-refractivity contribution in [1.82, 2.24) is 19.2 Å². The van der Waals surface area contributed by atoms with Gasteiger partial charge < -0.3 is 0 Å². The van der Waals surface area contributed by atoms with E-state index in [0.717, 1.165) is 28.0 Å². The van der Waals surface area contributed by atoms with Gasteiger partial charge in [0.05, 0.1) is 17.7 Å². The molecule has 0 saturated carbocycles. The topological polar surface area (TPSA) is 124 Å². The Morgan fingerprint density at radius 3 is 2.15 bits per heavy atom. The summed E-state index contributed by atoms with van der Waals surface area (Å²) < 4.78 is 28.5. The Hall–Kier alpha value is -5.02. The van der Waals surface area contributed by atoms with Gasteiger partial charge in [0.15, 0.2) is 0 Å². The van der Waals surface area contributed by atoms with E-state index in [0.29, 0.717) is 34.2 Å². The highest BCUT2D eigenvalue weighted by Gasteiger charge is 2.56. The van der Waals surface area contributed by atoms with Crippen LogP contribution < -0.4 is 0 Å². The number of hydrogen-bond acceptors (Lipinski definition) is 8. The molecule has 1 atom stereocenters. The van der Waals surface area contributed by atoms with Crippen LogP contribution >= 0.6 is 11.3 Å². The molecule has 5 aromatic rings. The van der Waals surface area contributed by atoms with Gasteiger partial charge in [-0.15, -0.1) is 11.3 Å². The first-order valence-electron chi connectivity index (χ1n) is 14.6. The van der Waals surface area contributed by atoms with Crippen LogP contribution in [0.4, 0.5) is 0 Å². The van der Waals surface area contributed by atoms with Crippen LogP contribution in [0, 0.1) is 18.3 Å². The maximum absolute atomic E-state index is 15.2. The van der Waals surface area contributed by atoms with Crippen molar-refractivity contribution >= 4 is 33.2 Å². The van der Waals surface area contributed by atoms with Crippen molar-refractivity contribution in [2.24, 2.45) is 0 Å². The van der Waals surface area contributed by atoms with E-state index in [9.17, 15) is 18.5 Å². The monoisotopic (exact) mass is 645 g/mol. The van der Waals surface area contributed by atoms with E-state index in [1.807, 2.05) is 25.1 Å². The number of benzene rings is 2. The smallest absolute Gasteiger partial charge is 0.261 e. The Morgan fingerprint density at radius 1 is 0.913 bits per heavy atom. The Morgan fingerprint density at radius 2 is 1.57 bits per heavy atom. The van der Waals surface area contributed by atoms with Crippen LogP contribution in [0.3, 0.4) is 0 Å². The number of thiophene rings is 1. The number of rotatable bonds is 6. The lowest BCUT2D eigenvalue weighted by Crippen LogP contribution is -2.59. The van der Waals surface area contributed by atoms with Gasteiger partial charge in [-0.2, -0.15) is 9.57 Å². The molecule has 2 aromatic carbocycles. The molecule has 0 aliphatic carbocycles. The molecule has 2 aliphatic heterocycles. The van der Waals surface area contributed by atoms with E-state index in [4.69, 9.17) is 0 Å². The predicted octanol–water partition coefficient (Wildman–Crippen LogP) is 5.17. The average molecular weight is 646 g/mol. The molecule has 0 radical (unpaired) electrons. The molecule has 2 amide bonds. The molecule has 9 nitrogen and oxygen atoms in total. The van der Waals surface area contributed by atoms with E-state index in [2.05, 4.69) is 16.0 Å². The normalized spacial score (nSPS) is 17.9. The minimum Gasteiger partial charge on any atom is -0.273 e. The summed E-state index contributed by atoms with van der Waals surface area (Å²) in [6.45, 7) is 2.06. The van der Waals surface area contributed by atoms with E-state index in [-0.39, 0.29) is 17.3 Å². The minimum absolute atomic E-state index is 0.00981. The molecule has 0 N–H and O–H groups in total. The second-order valence-corrected chi connectivity index (χ2v) is 14.5. The fourth-order valence-corrected chi connectivity index (χ4v) is 9.42. The van der Waals surface area contributed by atoms with Gasteiger partial charge in [-0.1, -0.05) is 24.3 Å². The van der Waals surface area contributed by atoms with Gasteiger partial charge in [-0.3, -0.25) is 24.5 Å². The SMILES string of the molecule is Cc1cc(-c2ccc(C#N)cc2)cc2c1C(c1ccncc1)(c1ccncc1)C(=O)N(C1CCN(S(=O)(=O)c3cccs3)C1)C2=O. The zero-order chi connectivity index (χ0) is 32.1. The molecule has 1 unspecified atom stereocenters. The summed E-state index contributed by atoms with van der Waals surface area (Å²) in [6.07, 6.45) is 6.79. The van der Waals surface area contributed by atoms with Crippen LogP contribution in [0.1, 0.15) is 44.6 Å². The summed E-state index contributed by atoms with van der Waals surface area (Å²) in [5.74, 6) is -0.922. The number of imide groups is 1. The third-order valence-electron chi connectivity index (χ3n) is 8.85. The number of carbonyl (C=O) groups excluding carboxylic acids is 2. The van der Waals surface area contributed by atoms with E-state index in [1.165, 1.54) is 9.21 Å². The quantitative estimate of drug-likeness (QED) is 0.234. The van der Waals surface area contributed by atoms with Gasteiger partial charge in [0.1, 0.15) is 9.62 Å². The molecule has 5 heterocycles. The molecule has 1 saturated heterocycles. The number of sulfonamides is 1. The number of pyridine rings is 2. The maximum atomic E-state index is 15.2. The number of carbonyl (C=O) groups is 2. The highest BCUT2D eigenvalue weighted by atomic mass is 32.2. The van der Waals surface area contributed by atoms with Crippen LogP contribution in [0.15, 0.2) is 107 Å². The zero-order valence-corrected chi connectivity index (χ0v) is 26.3. The summed E-state index contributed by atoms with van der Waals surface area (Å²) in [7, 11) is -3.79. The third-order valence-corrected chi connectivity index (χ3v) is 12.1. The van der Waals surface area contributed by atoms with E-state index >= 15 is 4.79 Å². The summed E-state index contributed by atoms with van der Waals surface area (Å²) >= 11 is 1.14. The summed E-state index contributed by atoms with van der Waals surface area (Å²) in [4.78, 5) is 39.6. The van der Waals surface area contributed by atoms with Gasteiger partial charge in [0.2, 0.25) is 5.91 Å². The number of nitrogens with zero attached hydrogens (tertiary/aromatic N) is 5. The number of amides is 2. The van der Waals surface area contributed by atoms with E-state index < -0.39 is 33.3 Å². The van der Waals surface area contributed by atoms with Crippen LogP contribution in [0.25, 0.3) is 11.1 Å². The fraction of sp³-hybridized carbons (Fsp3) is 0.171. The molecule has 2 aliphatic rings. The van der Waals surface area contributed by atoms with Crippen LogP contribution in [-0.2, 0) is 20.2 Å². The van der Waals surface area contributed by atoms with Gasteiger partial charge in [-0.25, -0.2) is 8.42 Å². The van der Waals surface area contributed by atoms with Crippen molar-refractivity contribution in [2.45, 2.75) is 29.0 Å². The van der Waals surface area contributed by atoms with Crippen LogP contribution in [0.2, 0.25) is 0 Å². The molecule has 228 valence electrons. The summed E-state index contributed by atoms with van der Waals surface area (Å²) in [5.41, 5.74) is 3.57. The fourth-order valence-electron chi connectivity index (χ4n) is 6.78. The van der Waals surface area contributed by atoms with Crippen molar-refractivity contribution in [3.63, 3.8) is 0 Å². The van der Waals surface area contributed by atoms with Gasteiger partial charge in [0, 0.05) is 43.4 Å². The molecule has 1 fully saturated rings. The van der Waals surface area contributed by atoms with Gasteiger partial charge in [0.25, 0.3) is 15.9 Å². The highest BCUT2D eigenvalue weighted by Crippen LogP contribution is 2.49. The first kappa shape index (κ1) is 29.7. The largest absolute Gasteiger partial charge is 0.273 e. The molecule has 11 heteroatoms. The third kappa shape index (κ3) is 4.57. The first-order valence-corrected chi connectivity index (χ1v) is 17.0. The van der Waals surface area contributed by atoms with E-state index in [1.54, 1.807) is 84.8 Å². The van der Waals surface area contributed by atoms with Crippen molar-refractivity contribution in [3.8, 4) is 17.2 Å². The van der Waals surface area contributed by atoms with Crippen LogP contribution in [0.5, 0.6) is 0 Å². The average Bonchev–Trinajstić information content (AvgIpc) is 3.81. The summed E-state index contributed by atoms with van der Waals surface area (Å²) in [6, 6.07) is 22.7. The lowest BCUT2D eigenvalue weighted by Gasteiger charge is -2.45. The first-order chi connectivity index (χ1) is 22.3. The number of aromatic nitrogens is 2. The van der Waals surface area contributed by atoms with Crippen molar-refractivity contribution < 1.29 is 18.0 Å². The summed E-state index contributed by atoms with van der Waals surface area (Å²) in [5, 5.41) is 11.0. The molecule has 0 spiro atoms. The van der Waals surface area contributed by atoms with Crippen LogP contribution in [-0.4, -0.2) is 58.5 Å². The Kier molecular flexibility index (Phi) is 7.36. The lowest BCUT2D eigenvalue weighted by molar-refractivity contribution is -0.134. The molecule has 3 aromatic heterocycles. The lowest BCUT2D eigenvalue weighted by atomic mass is 9.63. The second kappa shape index (κ2) is 11.4. The number of hydrogen-bond donors (Lipinski definition) is 0. The number of nitriles is 1. The highest BCUT2D eigenvalue weighted by molar-refractivity contribution is 7.91. The Bertz CT molecular complexity index is 2070. The van der Waals surface area contributed by atoms with Crippen molar-refractivity contribution in [3.05, 3.63) is 136 Å². The standard InChI is InChI=1S/C35H27N5O4S2/c1-23-19-26(25-6-4-24(21-36)5-7-25)20-30-32(23)35(27-8-13-37-14-9-27,28-10-15-38-16-11-28)34(42)40(33(30)41)29-12-17-39(22-29)46(43,44)31-3-2-18-45-31/h2-11,13-16,18-20,29H,12,17,22H2,1H3. The number of aryl methyl sites for hydroxylation is 1. The molecule has 7 rings (SSSR count). The Labute approximate surface area is 270 Å². The molecular weight excluding hydrogens is 619 g/mol. The van der Waals surface area contributed by atoms with Gasteiger partial charge >= 0.3 is 0 Å². The van der Waals surface area contributed by atoms with Crippen molar-refractivity contribution in [1.29, 1.82) is 5.26 Å². The minimum atomic E-state index is -3.79. The second-order valence-electron chi connectivity index (χ2n) is 11.3. The number of fused-ring (bicyclic) bond motifs is 1. The molecular formula is C35H27N5O4S2.